The molecule has 0 aliphatic carbocycles. The van der Waals surface area contributed by atoms with Gasteiger partial charge in [0.2, 0.25) is 0 Å². The van der Waals surface area contributed by atoms with Crippen LogP contribution in [0.3, 0.4) is 0 Å². The van der Waals surface area contributed by atoms with Gasteiger partial charge < -0.3 is 10.6 Å². The van der Waals surface area contributed by atoms with Crippen molar-refractivity contribution in [2.24, 2.45) is 5.92 Å². The number of nitrogens with one attached hydrogen (secondary N) is 2. The van der Waals surface area contributed by atoms with Crippen molar-refractivity contribution < 1.29 is 4.79 Å². The van der Waals surface area contributed by atoms with Crippen LogP contribution in [0.25, 0.3) is 0 Å². The Kier molecular flexibility index (Phi) is 5.85. The Morgan fingerprint density at radius 3 is 2.25 bits per heavy atom. The number of benzene rings is 2. The average molecular weight is 323 g/mol. The monoisotopic (exact) mass is 323 g/mol. The normalized spacial score (nSPS) is 15.8. The Morgan fingerprint density at radius 1 is 0.958 bits per heavy atom. The summed E-state index contributed by atoms with van der Waals surface area (Å²) in [5.41, 5.74) is 2.20. The largest absolute Gasteiger partial charge is 0.338 e. The summed E-state index contributed by atoms with van der Waals surface area (Å²) in [7, 11) is 0. The number of piperidine rings is 1. The van der Waals surface area contributed by atoms with Crippen LogP contribution < -0.4 is 10.6 Å². The molecular weight excluding hydrogens is 298 g/mol. The summed E-state index contributed by atoms with van der Waals surface area (Å²) in [5, 5.41) is 5.86. The van der Waals surface area contributed by atoms with E-state index in [2.05, 4.69) is 45.9 Å². The van der Waals surface area contributed by atoms with Crippen molar-refractivity contribution in [2.75, 3.05) is 25.0 Å². The van der Waals surface area contributed by atoms with Gasteiger partial charge in [0.05, 0.1) is 0 Å². The lowest BCUT2D eigenvalue weighted by molar-refractivity contribution is 0.175. The standard InChI is InChI=1S/C20H25N3O/c24-20(22-19-9-5-2-6-10-19)21-15-17-11-13-23(14-12-17)16-18-7-3-1-4-8-18/h1-10,17H,11-16H2,(H2,21,22,24). The molecule has 1 aliphatic heterocycles. The Balaban J connectivity index is 1.36. The van der Waals surface area contributed by atoms with Crippen molar-refractivity contribution in [3.63, 3.8) is 0 Å². The molecule has 0 radical (unpaired) electrons. The lowest BCUT2D eigenvalue weighted by Crippen LogP contribution is -2.39. The molecule has 24 heavy (non-hydrogen) atoms. The van der Waals surface area contributed by atoms with Gasteiger partial charge >= 0.3 is 6.03 Å². The van der Waals surface area contributed by atoms with E-state index >= 15 is 0 Å². The first-order valence-electron chi connectivity index (χ1n) is 8.66. The van der Waals surface area contributed by atoms with Crippen LogP contribution in [-0.4, -0.2) is 30.6 Å². The van der Waals surface area contributed by atoms with Gasteiger partial charge in [-0.1, -0.05) is 48.5 Å². The van der Waals surface area contributed by atoms with Gasteiger partial charge in [-0.15, -0.1) is 0 Å². The summed E-state index contributed by atoms with van der Waals surface area (Å²) in [6.45, 7) is 3.97. The van der Waals surface area contributed by atoms with E-state index in [4.69, 9.17) is 0 Å². The number of para-hydroxylation sites is 1. The number of carbonyl (C=O) groups is 1. The number of likely N-dealkylation sites (tertiary alicyclic amines) is 1. The third kappa shape index (κ3) is 5.10. The second-order valence-electron chi connectivity index (χ2n) is 6.41. The molecule has 4 heteroatoms. The van der Waals surface area contributed by atoms with Crippen LogP contribution in [0, 0.1) is 5.92 Å². The van der Waals surface area contributed by atoms with E-state index in [1.165, 1.54) is 5.56 Å². The van der Waals surface area contributed by atoms with Crippen molar-refractivity contribution in [3.8, 4) is 0 Å². The maximum absolute atomic E-state index is 11.9. The van der Waals surface area contributed by atoms with Crippen molar-refractivity contribution in [3.05, 3.63) is 66.2 Å². The molecule has 0 bridgehead atoms. The Hall–Kier alpha value is -2.33. The van der Waals surface area contributed by atoms with Crippen LogP contribution in [0.1, 0.15) is 18.4 Å². The summed E-state index contributed by atoms with van der Waals surface area (Å²) in [4.78, 5) is 14.4. The molecule has 1 fully saturated rings. The summed E-state index contributed by atoms with van der Waals surface area (Å²) >= 11 is 0. The Labute approximate surface area is 143 Å². The zero-order valence-electron chi connectivity index (χ0n) is 13.9. The zero-order chi connectivity index (χ0) is 16.6. The van der Waals surface area contributed by atoms with Crippen LogP contribution in [-0.2, 0) is 6.54 Å². The fraction of sp³-hybridized carbons (Fsp3) is 0.350. The molecule has 1 aliphatic rings. The van der Waals surface area contributed by atoms with Crippen LogP contribution in [0.4, 0.5) is 10.5 Å². The SMILES string of the molecule is O=C(NCC1CCN(Cc2ccccc2)CC1)Nc1ccccc1. The highest BCUT2D eigenvalue weighted by Gasteiger charge is 2.19. The number of urea groups is 1. The molecule has 2 N–H and O–H groups in total. The van der Waals surface area contributed by atoms with Gasteiger partial charge in [0.15, 0.2) is 0 Å². The van der Waals surface area contributed by atoms with E-state index in [0.717, 1.165) is 44.7 Å². The van der Waals surface area contributed by atoms with Crippen molar-refractivity contribution in [2.45, 2.75) is 19.4 Å². The summed E-state index contributed by atoms with van der Waals surface area (Å²) in [6, 6.07) is 20.0. The van der Waals surface area contributed by atoms with E-state index in [0.29, 0.717) is 5.92 Å². The maximum Gasteiger partial charge on any atom is 0.319 e. The molecule has 3 rings (SSSR count). The molecule has 2 amide bonds. The number of anilines is 1. The molecule has 2 aromatic rings. The number of carbonyl (C=O) groups excluding carboxylic acids is 1. The third-order valence-corrected chi connectivity index (χ3v) is 4.54. The van der Waals surface area contributed by atoms with Crippen molar-refractivity contribution >= 4 is 11.7 Å². The third-order valence-electron chi connectivity index (χ3n) is 4.54. The van der Waals surface area contributed by atoms with E-state index in [-0.39, 0.29) is 6.03 Å². The molecule has 126 valence electrons. The van der Waals surface area contributed by atoms with E-state index in [9.17, 15) is 4.79 Å². The fourth-order valence-electron chi connectivity index (χ4n) is 3.12. The van der Waals surface area contributed by atoms with Gasteiger partial charge in [0, 0.05) is 18.8 Å². The van der Waals surface area contributed by atoms with Gasteiger partial charge in [-0.25, -0.2) is 4.79 Å². The zero-order valence-corrected chi connectivity index (χ0v) is 13.9. The van der Waals surface area contributed by atoms with Crippen LogP contribution in [0.2, 0.25) is 0 Å². The molecule has 0 saturated carbocycles. The number of amides is 2. The average Bonchev–Trinajstić information content (AvgIpc) is 2.63. The first-order valence-corrected chi connectivity index (χ1v) is 8.66. The predicted octanol–water partition coefficient (Wildman–Crippen LogP) is 3.72. The Morgan fingerprint density at radius 2 is 1.58 bits per heavy atom. The first kappa shape index (κ1) is 16.5. The minimum absolute atomic E-state index is 0.118. The molecule has 1 saturated heterocycles. The van der Waals surface area contributed by atoms with Gasteiger partial charge in [0.1, 0.15) is 0 Å². The molecule has 1 heterocycles. The van der Waals surface area contributed by atoms with Gasteiger partial charge in [0.25, 0.3) is 0 Å². The van der Waals surface area contributed by atoms with Crippen molar-refractivity contribution in [1.82, 2.24) is 10.2 Å². The second kappa shape index (κ2) is 8.50. The minimum atomic E-state index is -0.118. The lowest BCUT2D eigenvalue weighted by Gasteiger charge is -2.32. The Bertz CT molecular complexity index is 622. The molecule has 0 unspecified atom stereocenters. The highest BCUT2D eigenvalue weighted by atomic mass is 16.2. The van der Waals surface area contributed by atoms with Crippen LogP contribution >= 0.6 is 0 Å². The minimum Gasteiger partial charge on any atom is -0.338 e. The van der Waals surface area contributed by atoms with E-state index in [1.807, 2.05) is 30.3 Å². The number of hydrogen-bond donors (Lipinski definition) is 2. The number of hydrogen-bond acceptors (Lipinski definition) is 2. The summed E-state index contributed by atoms with van der Waals surface area (Å²) in [6.07, 6.45) is 2.27. The molecule has 0 aromatic heterocycles. The van der Waals surface area contributed by atoms with Gasteiger partial charge in [-0.3, -0.25) is 4.90 Å². The molecular formula is C20H25N3O. The highest BCUT2D eigenvalue weighted by molar-refractivity contribution is 5.89. The summed E-state index contributed by atoms with van der Waals surface area (Å²) in [5.74, 6) is 0.568. The van der Waals surface area contributed by atoms with Gasteiger partial charge in [-0.05, 0) is 49.5 Å². The highest BCUT2D eigenvalue weighted by Crippen LogP contribution is 2.18. The van der Waals surface area contributed by atoms with E-state index in [1.54, 1.807) is 0 Å². The van der Waals surface area contributed by atoms with E-state index < -0.39 is 0 Å². The lowest BCUT2D eigenvalue weighted by atomic mass is 9.96. The fourth-order valence-corrected chi connectivity index (χ4v) is 3.12. The first-order chi connectivity index (χ1) is 11.8. The molecule has 0 spiro atoms. The van der Waals surface area contributed by atoms with Gasteiger partial charge in [-0.2, -0.15) is 0 Å². The van der Waals surface area contributed by atoms with Crippen LogP contribution in [0.5, 0.6) is 0 Å². The van der Waals surface area contributed by atoms with Crippen molar-refractivity contribution in [1.29, 1.82) is 0 Å². The molecule has 4 nitrogen and oxygen atoms in total. The maximum atomic E-state index is 11.9. The molecule has 0 atom stereocenters. The molecule has 2 aromatic carbocycles. The number of nitrogens with zero attached hydrogens (tertiary/aromatic N) is 1. The predicted molar refractivity (Wildman–Crippen MR) is 97.9 cm³/mol. The number of rotatable bonds is 5. The van der Waals surface area contributed by atoms with Crippen LogP contribution in [0.15, 0.2) is 60.7 Å². The quantitative estimate of drug-likeness (QED) is 0.881. The smallest absolute Gasteiger partial charge is 0.319 e. The topological polar surface area (TPSA) is 44.4 Å². The summed E-state index contributed by atoms with van der Waals surface area (Å²) < 4.78 is 0. The second-order valence-corrected chi connectivity index (χ2v) is 6.41.